The summed E-state index contributed by atoms with van der Waals surface area (Å²) < 4.78 is 40.1. The number of rotatable bonds is 6. The monoisotopic (exact) mass is 301 g/mol. The summed E-state index contributed by atoms with van der Waals surface area (Å²) in [5.74, 6) is 0.371. The molecule has 0 unspecified atom stereocenters. The zero-order chi connectivity index (χ0) is 15.5. The van der Waals surface area contributed by atoms with E-state index in [0.29, 0.717) is 12.4 Å². The maximum Gasteiger partial charge on any atom is 0.406 e. The third kappa shape index (κ3) is 4.89. The Balaban J connectivity index is 1.87. The lowest BCUT2D eigenvalue weighted by Crippen LogP contribution is -2.31. The van der Waals surface area contributed by atoms with E-state index in [2.05, 4.69) is 15.4 Å². The van der Waals surface area contributed by atoms with E-state index >= 15 is 0 Å². The van der Waals surface area contributed by atoms with E-state index < -0.39 is 12.7 Å². The van der Waals surface area contributed by atoms with E-state index in [1.807, 2.05) is 20.0 Å². The first-order valence-electron chi connectivity index (χ1n) is 6.63. The van der Waals surface area contributed by atoms with Gasteiger partial charge in [-0.15, -0.1) is 0 Å². The molecule has 116 valence electrons. The van der Waals surface area contributed by atoms with Crippen molar-refractivity contribution in [1.82, 2.24) is 24.6 Å². The number of imidazole rings is 1. The minimum Gasteiger partial charge on any atom is -0.325 e. The second kappa shape index (κ2) is 6.30. The van der Waals surface area contributed by atoms with Crippen LogP contribution in [0.5, 0.6) is 0 Å². The number of halogens is 3. The molecule has 2 heterocycles. The Kier molecular flexibility index (Phi) is 4.66. The van der Waals surface area contributed by atoms with Crippen LogP contribution in [0.4, 0.5) is 13.2 Å². The van der Waals surface area contributed by atoms with E-state index in [1.165, 1.54) is 12.4 Å². The Hall–Kier alpha value is -1.83. The standard InChI is InChI=1S/C13H18F3N5/c1-10-5-19-21(7-10)8-11(2)18-6-12-17-3-4-20(12)9-13(14,15)16/h3-5,7,11,18H,6,8-9H2,1-2H3/t11-/m1/s1. The molecule has 0 saturated heterocycles. The normalized spacial score (nSPS) is 13.6. The molecule has 21 heavy (non-hydrogen) atoms. The molecule has 0 bridgehead atoms. The Labute approximate surface area is 120 Å². The van der Waals surface area contributed by atoms with E-state index in [-0.39, 0.29) is 12.6 Å². The second-order valence-corrected chi connectivity index (χ2v) is 5.11. The third-order valence-electron chi connectivity index (χ3n) is 2.98. The van der Waals surface area contributed by atoms with Crippen LogP contribution in [0.15, 0.2) is 24.8 Å². The van der Waals surface area contributed by atoms with E-state index in [9.17, 15) is 13.2 Å². The van der Waals surface area contributed by atoms with Gasteiger partial charge in [0.25, 0.3) is 0 Å². The molecule has 1 atom stereocenters. The number of nitrogens with one attached hydrogen (secondary N) is 1. The fourth-order valence-electron chi connectivity index (χ4n) is 2.02. The zero-order valence-electron chi connectivity index (χ0n) is 11.9. The lowest BCUT2D eigenvalue weighted by molar-refractivity contribution is -0.141. The first-order chi connectivity index (χ1) is 9.83. The van der Waals surface area contributed by atoms with E-state index in [0.717, 1.165) is 10.1 Å². The molecule has 0 aromatic carbocycles. The molecule has 2 rings (SSSR count). The van der Waals surface area contributed by atoms with Crippen LogP contribution >= 0.6 is 0 Å². The van der Waals surface area contributed by atoms with Crippen molar-refractivity contribution in [2.75, 3.05) is 0 Å². The molecule has 0 radical (unpaired) electrons. The molecule has 2 aromatic rings. The van der Waals surface area contributed by atoms with Crippen LogP contribution in [0, 0.1) is 6.92 Å². The van der Waals surface area contributed by atoms with Crippen molar-refractivity contribution >= 4 is 0 Å². The van der Waals surface area contributed by atoms with Crippen LogP contribution in [-0.4, -0.2) is 31.5 Å². The van der Waals surface area contributed by atoms with Crippen LogP contribution in [0.3, 0.4) is 0 Å². The topological polar surface area (TPSA) is 47.7 Å². The van der Waals surface area contributed by atoms with Crippen molar-refractivity contribution < 1.29 is 13.2 Å². The van der Waals surface area contributed by atoms with Gasteiger partial charge in [0.2, 0.25) is 0 Å². The molecule has 0 amide bonds. The quantitative estimate of drug-likeness (QED) is 0.889. The van der Waals surface area contributed by atoms with Crippen LogP contribution in [-0.2, 0) is 19.6 Å². The molecular weight excluding hydrogens is 283 g/mol. The summed E-state index contributed by atoms with van der Waals surface area (Å²) in [6.45, 7) is 3.82. The van der Waals surface area contributed by atoms with Crippen LogP contribution in [0.1, 0.15) is 18.3 Å². The first-order valence-corrected chi connectivity index (χ1v) is 6.63. The average molecular weight is 301 g/mol. The number of hydrogen-bond acceptors (Lipinski definition) is 3. The molecule has 1 N–H and O–H groups in total. The highest BCUT2D eigenvalue weighted by Crippen LogP contribution is 2.18. The third-order valence-corrected chi connectivity index (χ3v) is 2.98. The maximum atomic E-state index is 12.4. The minimum absolute atomic E-state index is 0.0698. The molecule has 0 aliphatic carbocycles. The van der Waals surface area contributed by atoms with Crippen molar-refractivity contribution in [3.63, 3.8) is 0 Å². The lowest BCUT2D eigenvalue weighted by Gasteiger charge is -2.15. The van der Waals surface area contributed by atoms with E-state index in [4.69, 9.17) is 0 Å². The summed E-state index contributed by atoms with van der Waals surface area (Å²) >= 11 is 0. The number of hydrogen-bond donors (Lipinski definition) is 1. The summed E-state index contributed by atoms with van der Waals surface area (Å²) in [4.78, 5) is 3.96. The van der Waals surface area contributed by atoms with E-state index in [1.54, 1.807) is 10.9 Å². The summed E-state index contributed by atoms with van der Waals surface area (Å²) in [7, 11) is 0. The molecule has 2 aromatic heterocycles. The van der Waals surface area contributed by atoms with Crippen molar-refractivity contribution in [3.05, 3.63) is 36.2 Å². The Morgan fingerprint density at radius 1 is 1.38 bits per heavy atom. The van der Waals surface area contributed by atoms with Crippen LogP contribution in [0.25, 0.3) is 0 Å². The van der Waals surface area contributed by atoms with Crippen molar-refractivity contribution in [3.8, 4) is 0 Å². The van der Waals surface area contributed by atoms with Crippen molar-refractivity contribution in [2.24, 2.45) is 0 Å². The van der Waals surface area contributed by atoms with Gasteiger partial charge in [0.15, 0.2) is 0 Å². The molecule has 0 aliphatic rings. The summed E-state index contributed by atoms with van der Waals surface area (Å²) in [6.07, 6.45) is 2.16. The van der Waals surface area contributed by atoms with Gasteiger partial charge in [-0.2, -0.15) is 18.3 Å². The van der Waals surface area contributed by atoms with Gasteiger partial charge in [0, 0.05) is 24.6 Å². The predicted molar refractivity (Wildman–Crippen MR) is 71.5 cm³/mol. The van der Waals surface area contributed by atoms with Gasteiger partial charge in [-0.3, -0.25) is 4.68 Å². The smallest absolute Gasteiger partial charge is 0.325 e. The number of nitrogens with zero attached hydrogens (tertiary/aromatic N) is 4. The largest absolute Gasteiger partial charge is 0.406 e. The molecule has 8 heteroatoms. The predicted octanol–water partition coefficient (Wildman–Crippen LogP) is 2.13. The van der Waals surface area contributed by atoms with Gasteiger partial charge in [0.05, 0.1) is 19.3 Å². The number of aromatic nitrogens is 4. The lowest BCUT2D eigenvalue weighted by atomic mass is 10.3. The summed E-state index contributed by atoms with van der Waals surface area (Å²) in [5.41, 5.74) is 1.07. The fraction of sp³-hybridized carbons (Fsp3) is 0.538. The Morgan fingerprint density at radius 3 is 2.76 bits per heavy atom. The fourth-order valence-corrected chi connectivity index (χ4v) is 2.02. The maximum absolute atomic E-state index is 12.4. The zero-order valence-corrected chi connectivity index (χ0v) is 11.9. The highest BCUT2D eigenvalue weighted by atomic mass is 19.4. The molecule has 0 aliphatic heterocycles. The number of alkyl halides is 3. The highest BCUT2D eigenvalue weighted by Gasteiger charge is 2.28. The average Bonchev–Trinajstić information content (AvgIpc) is 2.94. The van der Waals surface area contributed by atoms with Gasteiger partial charge in [0.1, 0.15) is 12.4 Å². The first kappa shape index (κ1) is 15.6. The summed E-state index contributed by atoms with van der Waals surface area (Å²) in [5, 5.41) is 7.33. The number of aryl methyl sites for hydroxylation is 1. The van der Waals surface area contributed by atoms with Crippen molar-refractivity contribution in [1.29, 1.82) is 0 Å². The van der Waals surface area contributed by atoms with Crippen LogP contribution < -0.4 is 5.32 Å². The van der Waals surface area contributed by atoms with Gasteiger partial charge in [-0.25, -0.2) is 4.98 Å². The van der Waals surface area contributed by atoms with Crippen molar-refractivity contribution in [2.45, 2.75) is 45.7 Å². The van der Waals surface area contributed by atoms with Crippen LogP contribution in [0.2, 0.25) is 0 Å². The minimum atomic E-state index is -4.24. The molecule has 0 spiro atoms. The molecular formula is C13H18F3N5. The Bertz CT molecular complexity index is 572. The van der Waals surface area contributed by atoms with Gasteiger partial charge < -0.3 is 9.88 Å². The molecule has 0 saturated carbocycles. The SMILES string of the molecule is Cc1cnn(C[C@@H](C)NCc2nccn2CC(F)(F)F)c1. The Morgan fingerprint density at radius 2 is 2.14 bits per heavy atom. The van der Waals surface area contributed by atoms with Gasteiger partial charge in [-0.05, 0) is 19.4 Å². The highest BCUT2D eigenvalue weighted by molar-refractivity contribution is 4.99. The van der Waals surface area contributed by atoms with Gasteiger partial charge >= 0.3 is 6.18 Å². The molecule has 0 fully saturated rings. The van der Waals surface area contributed by atoms with Gasteiger partial charge in [-0.1, -0.05) is 0 Å². The second-order valence-electron chi connectivity index (χ2n) is 5.11. The summed E-state index contributed by atoms with van der Waals surface area (Å²) in [6, 6.07) is 0.0698. The molecule has 5 nitrogen and oxygen atoms in total.